The summed E-state index contributed by atoms with van der Waals surface area (Å²) in [5.74, 6) is 0.891. The van der Waals surface area contributed by atoms with Crippen LogP contribution in [0.15, 0.2) is 45.8 Å². The average Bonchev–Trinajstić information content (AvgIpc) is 2.43. The van der Waals surface area contributed by atoms with Crippen molar-refractivity contribution in [2.75, 3.05) is 7.11 Å². The van der Waals surface area contributed by atoms with E-state index in [0.29, 0.717) is 16.0 Å². The number of benzene rings is 2. The van der Waals surface area contributed by atoms with Crippen LogP contribution in [0, 0.1) is 13.8 Å². The first-order valence-electron chi connectivity index (χ1n) is 6.19. The molecule has 0 saturated carbocycles. The molecule has 2 rings (SSSR count). The molecule has 0 spiro atoms. The Kier molecular flexibility index (Phi) is 4.58. The predicted molar refractivity (Wildman–Crippen MR) is 84.4 cm³/mol. The van der Waals surface area contributed by atoms with Crippen LogP contribution in [0.4, 0.5) is 0 Å². The van der Waals surface area contributed by atoms with Gasteiger partial charge in [0.25, 0.3) is 0 Å². The van der Waals surface area contributed by atoms with E-state index in [0.717, 1.165) is 11.1 Å². The predicted octanol–water partition coefficient (Wildman–Crippen LogP) is 3.84. The molecule has 0 aliphatic carbocycles. The van der Waals surface area contributed by atoms with Crippen molar-refractivity contribution in [1.82, 2.24) is 0 Å². The molecule has 2 aromatic carbocycles. The van der Waals surface area contributed by atoms with Gasteiger partial charge in [-0.25, -0.2) is 0 Å². The summed E-state index contributed by atoms with van der Waals surface area (Å²) in [7, 11) is -2.37. The SMILES string of the molecule is COc1ccc(S(=O)(=O)Oc2cccc(C)c2C)cc1Br. The van der Waals surface area contributed by atoms with Gasteiger partial charge < -0.3 is 8.92 Å². The van der Waals surface area contributed by atoms with Gasteiger partial charge in [-0.15, -0.1) is 0 Å². The second-order valence-corrected chi connectivity index (χ2v) is 6.93. The first-order valence-corrected chi connectivity index (χ1v) is 8.39. The van der Waals surface area contributed by atoms with Gasteiger partial charge in [0, 0.05) is 0 Å². The number of rotatable bonds is 4. The average molecular weight is 371 g/mol. The van der Waals surface area contributed by atoms with Gasteiger partial charge in [0.15, 0.2) is 0 Å². The largest absolute Gasteiger partial charge is 0.496 e. The molecule has 0 amide bonds. The summed E-state index contributed by atoms with van der Waals surface area (Å²) in [5, 5.41) is 0. The Morgan fingerprint density at radius 3 is 2.38 bits per heavy atom. The fourth-order valence-corrected chi connectivity index (χ4v) is 3.49. The van der Waals surface area contributed by atoms with Crippen LogP contribution in [0.5, 0.6) is 11.5 Å². The first-order chi connectivity index (χ1) is 9.85. The zero-order valence-corrected chi connectivity index (χ0v) is 14.3. The molecule has 0 radical (unpaired) electrons. The van der Waals surface area contributed by atoms with Crippen LogP contribution < -0.4 is 8.92 Å². The topological polar surface area (TPSA) is 52.6 Å². The monoisotopic (exact) mass is 370 g/mol. The third-order valence-corrected chi connectivity index (χ3v) is 5.02. The van der Waals surface area contributed by atoms with Gasteiger partial charge in [0.2, 0.25) is 0 Å². The second-order valence-electron chi connectivity index (χ2n) is 4.53. The van der Waals surface area contributed by atoms with Crippen molar-refractivity contribution in [3.05, 3.63) is 52.0 Å². The van der Waals surface area contributed by atoms with E-state index >= 15 is 0 Å². The highest BCUT2D eigenvalue weighted by atomic mass is 79.9. The summed E-state index contributed by atoms with van der Waals surface area (Å²) in [4.78, 5) is 0.0658. The fraction of sp³-hybridized carbons (Fsp3) is 0.200. The number of methoxy groups -OCH3 is 1. The zero-order valence-electron chi connectivity index (χ0n) is 11.9. The summed E-state index contributed by atoms with van der Waals surface area (Å²) >= 11 is 3.27. The first kappa shape index (κ1) is 15.9. The molecule has 0 heterocycles. The smallest absolute Gasteiger partial charge is 0.339 e. The van der Waals surface area contributed by atoms with Gasteiger partial charge in [-0.3, -0.25) is 0 Å². The van der Waals surface area contributed by atoms with E-state index < -0.39 is 10.1 Å². The van der Waals surface area contributed by atoms with Gasteiger partial charge in [-0.1, -0.05) is 12.1 Å². The van der Waals surface area contributed by atoms with Crippen molar-refractivity contribution in [1.29, 1.82) is 0 Å². The van der Waals surface area contributed by atoms with E-state index in [1.165, 1.54) is 19.2 Å². The lowest BCUT2D eigenvalue weighted by atomic mass is 10.1. The van der Waals surface area contributed by atoms with E-state index in [-0.39, 0.29) is 4.90 Å². The lowest BCUT2D eigenvalue weighted by Crippen LogP contribution is -2.11. The molecule has 0 aromatic heterocycles. The molecule has 0 aliphatic rings. The zero-order chi connectivity index (χ0) is 15.6. The molecule has 0 bridgehead atoms. The number of hydrogen-bond donors (Lipinski definition) is 0. The van der Waals surface area contributed by atoms with Crippen LogP contribution in [-0.4, -0.2) is 15.5 Å². The molecule has 4 nitrogen and oxygen atoms in total. The molecule has 0 N–H and O–H groups in total. The molecule has 0 atom stereocenters. The minimum Gasteiger partial charge on any atom is -0.496 e. The van der Waals surface area contributed by atoms with Crippen LogP contribution in [0.3, 0.4) is 0 Å². The normalized spacial score (nSPS) is 11.2. The van der Waals surface area contributed by atoms with Gasteiger partial charge in [0.1, 0.15) is 16.4 Å². The quantitative estimate of drug-likeness (QED) is 0.767. The molecule has 0 fully saturated rings. The Morgan fingerprint density at radius 2 is 1.76 bits per heavy atom. The maximum atomic E-state index is 12.3. The Bertz CT molecular complexity index is 769. The van der Waals surface area contributed by atoms with E-state index in [2.05, 4.69) is 15.9 Å². The van der Waals surface area contributed by atoms with Crippen LogP contribution in [0.2, 0.25) is 0 Å². The Balaban J connectivity index is 2.39. The van der Waals surface area contributed by atoms with Crippen LogP contribution >= 0.6 is 15.9 Å². The molecular weight excluding hydrogens is 356 g/mol. The maximum Gasteiger partial charge on any atom is 0.339 e. The number of halogens is 1. The van der Waals surface area contributed by atoms with Crippen molar-refractivity contribution >= 4 is 26.0 Å². The lowest BCUT2D eigenvalue weighted by molar-refractivity contribution is 0.411. The van der Waals surface area contributed by atoms with Crippen molar-refractivity contribution < 1.29 is 17.3 Å². The summed E-state index contributed by atoms with van der Waals surface area (Å²) in [5.41, 5.74) is 1.77. The summed E-state index contributed by atoms with van der Waals surface area (Å²) < 4.78 is 35.5. The minimum absolute atomic E-state index is 0.0658. The van der Waals surface area contributed by atoms with E-state index in [1.54, 1.807) is 18.2 Å². The van der Waals surface area contributed by atoms with Crippen molar-refractivity contribution in [3.63, 3.8) is 0 Å². The number of hydrogen-bond acceptors (Lipinski definition) is 4. The van der Waals surface area contributed by atoms with Gasteiger partial charge in [0.05, 0.1) is 11.6 Å². The van der Waals surface area contributed by atoms with Crippen LogP contribution in [0.25, 0.3) is 0 Å². The molecule has 0 saturated heterocycles. The summed E-state index contributed by atoms with van der Waals surface area (Å²) in [6.07, 6.45) is 0. The molecular formula is C15H15BrO4S. The molecule has 2 aromatic rings. The summed E-state index contributed by atoms with van der Waals surface area (Å²) in [6, 6.07) is 9.78. The lowest BCUT2D eigenvalue weighted by Gasteiger charge is -2.12. The van der Waals surface area contributed by atoms with Gasteiger partial charge >= 0.3 is 10.1 Å². The van der Waals surface area contributed by atoms with E-state index in [4.69, 9.17) is 8.92 Å². The molecule has 6 heteroatoms. The number of ether oxygens (including phenoxy) is 1. The van der Waals surface area contributed by atoms with Crippen molar-refractivity contribution in [2.45, 2.75) is 18.7 Å². The molecule has 0 aliphatic heterocycles. The Morgan fingerprint density at radius 1 is 1.05 bits per heavy atom. The highest BCUT2D eigenvalue weighted by Crippen LogP contribution is 2.30. The van der Waals surface area contributed by atoms with Crippen molar-refractivity contribution in [2.24, 2.45) is 0 Å². The van der Waals surface area contributed by atoms with E-state index in [1.807, 2.05) is 19.9 Å². The van der Waals surface area contributed by atoms with Crippen LogP contribution in [0.1, 0.15) is 11.1 Å². The third kappa shape index (κ3) is 3.39. The molecule has 0 unspecified atom stereocenters. The number of aryl methyl sites for hydroxylation is 1. The second kappa shape index (κ2) is 6.07. The Hall–Kier alpha value is -1.53. The molecule has 112 valence electrons. The molecule has 21 heavy (non-hydrogen) atoms. The third-order valence-electron chi connectivity index (χ3n) is 3.17. The maximum absolute atomic E-state index is 12.3. The highest BCUT2D eigenvalue weighted by molar-refractivity contribution is 9.10. The van der Waals surface area contributed by atoms with Crippen LogP contribution in [-0.2, 0) is 10.1 Å². The highest BCUT2D eigenvalue weighted by Gasteiger charge is 2.19. The van der Waals surface area contributed by atoms with E-state index in [9.17, 15) is 8.42 Å². The fourth-order valence-electron chi connectivity index (χ4n) is 1.78. The minimum atomic E-state index is -3.89. The van der Waals surface area contributed by atoms with Gasteiger partial charge in [-0.2, -0.15) is 8.42 Å². The standard InChI is InChI=1S/C15H15BrO4S/c1-10-5-4-6-14(11(10)2)20-21(17,18)12-7-8-15(19-3)13(16)9-12/h4-9H,1-3H3. The van der Waals surface area contributed by atoms with Gasteiger partial charge in [-0.05, 0) is 65.2 Å². The van der Waals surface area contributed by atoms with Crippen molar-refractivity contribution in [3.8, 4) is 11.5 Å². The summed E-state index contributed by atoms with van der Waals surface area (Å²) in [6.45, 7) is 3.73. The Labute approximate surface area is 133 Å².